The van der Waals surface area contributed by atoms with Gasteiger partial charge in [0.15, 0.2) is 0 Å². The van der Waals surface area contributed by atoms with E-state index in [0.29, 0.717) is 12.1 Å². The molecule has 1 unspecified atom stereocenters. The van der Waals surface area contributed by atoms with Gasteiger partial charge in [0.05, 0.1) is 9.79 Å². The molecule has 1 aliphatic rings. The first kappa shape index (κ1) is 20.3. The van der Waals surface area contributed by atoms with Gasteiger partial charge in [-0.05, 0) is 57.1 Å². The largest absolute Gasteiger partial charge is 0.313 e. The van der Waals surface area contributed by atoms with Crippen molar-refractivity contribution in [1.29, 1.82) is 0 Å². The van der Waals surface area contributed by atoms with Crippen molar-refractivity contribution in [3.05, 3.63) is 23.8 Å². The SMILES string of the molecule is CNS(=O)(=O)c1ccc(S(=O)(=O)NCC2CCCN2)cc1C.Cl. The van der Waals surface area contributed by atoms with Gasteiger partial charge in [-0.2, -0.15) is 0 Å². The molecule has 2 rings (SSSR count). The summed E-state index contributed by atoms with van der Waals surface area (Å²) in [7, 11) is -5.92. The van der Waals surface area contributed by atoms with Gasteiger partial charge in [-0.15, -0.1) is 12.4 Å². The molecule has 0 spiro atoms. The molecule has 0 saturated carbocycles. The Bertz CT molecular complexity index is 744. The summed E-state index contributed by atoms with van der Waals surface area (Å²) < 4.78 is 52.9. The van der Waals surface area contributed by atoms with Gasteiger partial charge in [-0.3, -0.25) is 0 Å². The van der Waals surface area contributed by atoms with Crippen LogP contribution in [0.4, 0.5) is 0 Å². The molecular formula is C13H22ClN3O4S2. The van der Waals surface area contributed by atoms with Gasteiger partial charge in [-0.25, -0.2) is 26.3 Å². The highest BCUT2D eigenvalue weighted by Crippen LogP contribution is 2.19. The molecule has 1 atom stereocenters. The maximum atomic E-state index is 12.3. The number of aryl methyl sites for hydroxylation is 1. The molecule has 10 heteroatoms. The van der Waals surface area contributed by atoms with E-state index in [1.165, 1.54) is 25.2 Å². The Morgan fingerprint density at radius 2 is 1.91 bits per heavy atom. The predicted molar refractivity (Wildman–Crippen MR) is 90.9 cm³/mol. The predicted octanol–water partition coefficient (Wildman–Crippen LogP) is 0.355. The Labute approximate surface area is 143 Å². The number of halogens is 1. The zero-order valence-electron chi connectivity index (χ0n) is 13.0. The standard InChI is InChI=1S/C13H21N3O4S2.ClH/c1-10-8-12(5-6-13(10)22(19,20)14-2)21(17,18)16-9-11-4-3-7-15-11;/h5-6,8,11,14-16H,3-4,7,9H2,1-2H3;1H. The van der Waals surface area contributed by atoms with Crippen LogP contribution in [0.15, 0.2) is 28.0 Å². The van der Waals surface area contributed by atoms with Crippen molar-refractivity contribution < 1.29 is 16.8 Å². The quantitative estimate of drug-likeness (QED) is 0.657. The maximum absolute atomic E-state index is 12.3. The van der Waals surface area contributed by atoms with E-state index in [1.807, 2.05) is 0 Å². The molecule has 7 nitrogen and oxygen atoms in total. The minimum Gasteiger partial charge on any atom is -0.313 e. The van der Waals surface area contributed by atoms with Crippen LogP contribution in [0.1, 0.15) is 18.4 Å². The van der Waals surface area contributed by atoms with Crippen LogP contribution in [0, 0.1) is 6.92 Å². The van der Waals surface area contributed by atoms with Crippen LogP contribution < -0.4 is 14.8 Å². The van der Waals surface area contributed by atoms with Gasteiger partial charge in [0, 0.05) is 12.6 Å². The molecule has 1 heterocycles. The normalized spacial score (nSPS) is 18.6. The molecule has 1 aromatic rings. The topological polar surface area (TPSA) is 104 Å². The highest BCUT2D eigenvalue weighted by molar-refractivity contribution is 7.90. The van der Waals surface area contributed by atoms with E-state index in [-0.39, 0.29) is 28.2 Å². The lowest BCUT2D eigenvalue weighted by atomic mass is 10.2. The smallest absolute Gasteiger partial charge is 0.240 e. The minimum absolute atomic E-state index is 0. The molecule has 0 aliphatic carbocycles. The first-order valence-corrected chi connectivity index (χ1v) is 10.00. The fourth-order valence-electron chi connectivity index (χ4n) is 2.43. The van der Waals surface area contributed by atoms with Crippen molar-refractivity contribution in [1.82, 2.24) is 14.8 Å². The van der Waals surface area contributed by atoms with E-state index >= 15 is 0 Å². The van der Waals surface area contributed by atoms with Crippen molar-refractivity contribution in [3.63, 3.8) is 0 Å². The van der Waals surface area contributed by atoms with Gasteiger partial charge in [0.25, 0.3) is 0 Å². The summed E-state index contributed by atoms with van der Waals surface area (Å²) >= 11 is 0. The number of nitrogens with one attached hydrogen (secondary N) is 3. The Morgan fingerprint density at radius 1 is 1.22 bits per heavy atom. The molecule has 23 heavy (non-hydrogen) atoms. The second-order valence-electron chi connectivity index (χ2n) is 5.28. The van der Waals surface area contributed by atoms with Crippen LogP contribution in [0.2, 0.25) is 0 Å². The van der Waals surface area contributed by atoms with E-state index in [9.17, 15) is 16.8 Å². The van der Waals surface area contributed by atoms with Crippen LogP contribution in [-0.2, 0) is 20.0 Å². The third kappa shape index (κ3) is 4.88. The summed E-state index contributed by atoms with van der Waals surface area (Å²) in [5, 5.41) is 3.21. The van der Waals surface area contributed by atoms with Gasteiger partial charge in [-0.1, -0.05) is 0 Å². The molecule has 1 aromatic carbocycles. The van der Waals surface area contributed by atoms with Crippen LogP contribution in [-0.4, -0.2) is 43.0 Å². The number of benzene rings is 1. The summed E-state index contributed by atoms with van der Waals surface area (Å²) in [5.74, 6) is 0. The lowest BCUT2D eigenvalue weighted by Gasteiger charge is -2.13. The summed E-state index contributed by atoms with van der Waals surface area (Å²) in [6.07, 6.45) is 1.99. The molecule has 3 N–H and O–H groups in total. The Kier molecular flexibility index (Phi) is 6.99. The lowest BCUT2D eigenvalue weighted by molar-refractivity contribution is 0.551. The van der Waals surface area contributed by atoms with Gasteiger partial charge in [0.1, 0.15) is 0 Å². The first-order chi connectivity index (χ1) is 10.3. The number of rotatable bonds is 6. The number of hydrogen-bond donors (Lipinski definition) is 3. The average molecular weight is 384 g/mol. The van der Waals surface area contributed by atoms with Crippen molar-refractivity contribution in [2.24, 2.45) is 0 Å². The Balaban J connectivity index is 0.00000264. The molecular weight excluding hydrogens is 362 g/mol. The zero-order valence-corrected chi connectivity index (χ0v) is 15.4. The highest BCUT2D eigenvalue weighted by Gasteiger charge is 2.21. The van der Waals surface area contributed by atoms with Crippen molar-refractivity contribution in [2.75, 3.05) is 20.1 Å². The summed E-state index contributed by atoms with van der Waals surface area (Å²) in [4.78, 5) is 0.143. The van der Waals surface area contributed by atoms with E-state index in [1.54, 1.807) is 6.92 Å². The van der Waals surface area contributed by atoms with E-state index in [2.05, 4.69) is 14.8 Å². The molecule has 1 fully saturated rings. The minimum atomic E-state index is -3.64. The molecule has 1 saturated heterocycles. The van der Waals surface area contributed by atoms with Crippen molar-refractivity contribution in [3.8, 4) is 0 Å². The fourth-order valence-corrected chi connectivity index (χ4v) is 4.54. The number of hydrogen-bond acceptors (Lipinski definition) is 5. The zero-order chi connectivity index (χ0) is 16.4. The van der Waals surface area contributed by atoms with Crippen molar-refractivity contribution in [2.45, 2.75) is 35.6 Å². The van der Waals surface area contributed by atoms with Crippen LogP contribution >= 0.6 is 12.4 Å². The summed E-state index contributed by atoms with van der Waals surface area (Å²) in [6, 6.07) is 4.14. The Hall–Kier alpha value is -0.710. The van der Waals surface area contributed by atoms with Crippen molar-refractivity contribution >= 4 is 32.5 Å². The third-order valence-corrected chi connectivity index (χ3v) is 6.69. The van der Waals surface area contributed by atoms with E-state index < -0.39 is 20.0 Å². The second kappa shape index (κ2) is 7.91. The molecule has 0 aromatic heterocycles. The lowest BCUT2D eigenvalue weighted by Crippen LogP contribution is -2.37. The maximum Gasteiger partial charge on any atom is 0.240 e. The Morgan fingerprint density at radius 3 is 2.43 bits per heavy atom. The first-order valence-electron chi connectivity index (χ1n) is 7.03. The molecule has 0 amide bonds. The van der Waals surface area contributed by atoms with Crippen LogP contribution in [0.3, 0.4) is 0 Å². The summed E-state index contributed by atoms with van der Waals surface area (Å²) in [6.45, 7) is 2.81. The van der Waals surface area contributed by atoms with Gasteiger partial charge < -0.3 is 5.32 Å². The highest BCUT2D eigenvalue weighted by atomic mass is 35.5. The molecule has 0 bridgehead atoms. The van der Waals surface area contributed by atoms with E-state index in [4.69, 9.17) is 0 Å². The molecule has 132 valence electrons. The third-order valence-electron chi connectivity index (χ3n) is 3.70. The monoisotopic (exact) mass is 383 g/mol. The van der Waals surface area contributed by atoms with Gasteiger partial charge >= 0.3 is 0 Å². The van der Waals surface area contributed by atoms with Crippen LogP contribution in [0.5, 0.6) is 0 Å². The fraction of sp³-hybridized carbons (Fsp3) is 0.538. The van der Waals surface area contributed by atoms with Gasteiger partial charge in [0.2, 0.25) is 20.0 Å². The second-order valence-corrected chi connectivity index (χ2v) is 8.90. The molecule has 0 radical (unpaired) electrons. The summed E-state index contributed by atoms with van der Waals surface area (Å²) in [5.41, 5.74) is 0.385. The number of sulfonamides is 2. The van der Waals surface area contributed by atoms with E-state index in [0.717, 1.165) is 19.4 Å². The van der Waals surface area contributed by atoms with Crippen LogP contribution in [0.25, 0.3) is 0 Å². The molecule has 1 aliphatic heterocycles. The average Bonchev–Trinajstić information content (AvgIpc) is 2.98.